The Bertz CT molecular complexity index is 546. The molecule has 0 fully saturated rings. The van der Waals surface area contributed by atoms with E-state index in [1.807, 2.05) is 19.1 Å². The van der Waals surface area contributed by atoms with Crippen LogP contribution in [0.2, 0.25) is 5.15 Å². The third-order valence-electron chi connectivity index (χ3n) is 2.56. The molecule has 0 aliphatic carbocycles. The number of rotatable bonds is 4. The fraction of sp³-hybridized carbons (Fsp3) is 0.231. The third-order valence-corrected chi connectivity index (χ3v) is 2.88. The molecule has 4 nitrogen and oxygen atoms in total. The topological polar surface area (TPSA) is 55.2 Å². The fourth-order valence-corrected chi connectivity index (χ4v) is 1.86. The third kappa shape index (κ3) is 2.60. The van der Waals surface area contributed by atoms with Crippen molar-refractivity contribution in [1.29, 1.82) is 0 Å². The van der Waals surface area contributed by atoms with E-state index in [9.17, 15) is 5.11 Å². The molecule has 2 aromatic rings. The van der Waals surface area contributed by atoms with Crippen molar-refractivity contribution in [3.8, 4) is 11.6 Å². The van der Waals surface area contributed by atoms with Crippen LogP contribution in [0.15, 0.2) is 30.6 Å². The van der Waals surface area contributed by atoms with E-state index in [1.165, 1.54) is 6.33 Å². The smallest absolute Gasteiger partial charge is 0.227 e. The van der Waals surface area contributed by atoms with E-state index >= 15 is 0 Å². The SMILES string of the molecule is CCc1c(Cl)ncnc1Oc1ccccc1CO. The zero-order chi connectivity index (χ0) is 13.0. The van der Waals surface area contributed by atoms with Gasteiger partial charge in [0.25, 0.3) is 0 Å². The molecule has 0 aliphatic rings. The van der Waals surface area contributed by atoms with Gasteiger partial charge in [0.1, 0.15) is 17.2 Å². The molecule has 5 heteroatoms. The van der Waals surface area contributed by atoms with Crippen LogP contribution in [0.3, 0.4) is 0 Å². The van der Waals surface area contributed by atoms with Gasteiger partial charge in [-0.3, -0.25) is 0 Å². The van der Waals surface area contributed by atoms with Crippen molar-refractivity contribution in [2.45, 2.75) is 20.0 Å². The van der Waals surface area contributed by atoms with Crippen LogP contribution in [0.4, 0.5) is 0 Å². The van der Waals surface area contributed by atoms with Crippen LogP contribution in [0, 0.1) is 0 Å². The minimum absolute atomic E-state index is 0.0869. The van der Waals surface area contributed by atoms with Crippen LogP contribution < -0.4 is 4.74 Å². The van der Waals surface area contributed by atoms with E-state index < -0.39 is 0 Å². The summed E-state index contributed by atoms with van der Waals surface area (Å²) < 4.78 is 5.71. The molecule has 0 amide bonds. The number of aliphatic hydroxyl groups is 1. The molecule has 94 valence electrons. The summed E-state index contributed by atoms with van der Waals surface area (Å²) in [5.41, 5.74) is 1.46. The first kappa shape index (κ1) is 12.8. The van der Waals surface area contributed by atoms with Crippen LogP contribution >= 0.6 is 11.6 Å². The summed E-state index contributed by atoms with van der Waals surface area (Å²) in [5.74, 6) is 1.00. The molecular weight excluding hydrogens is 252 g/mol. The highest BCUT2D eigenvalue weighted by molar-refractivity contribution is 6.30. The summed E-state index contributed by atoms with van der Waals surface area (Å²) in [7, 11) is 0. The first-order chi connectivity index (χ1) is 8.76. The zero-order valence-electron chi connectivity index (χ0n) is 9.93. The number of aromatic nitrogens is 2. The maximum Gasteiger partial charge on any atom is 0.227 e. The lowest BCUT2D eigenvalue weighted by Gasteiger charge is -2.11. The molecule has 18 heavy (non-hydrogen) atoms. The van der Waals surface area contributed by atoms with Crippen molar-refractivity contribution in [3.05, 3.63) is 46.9 Å². The van der Waals surface area contributed by atoms with Gasteiger partial charge in [0, 0.05) is 5.56 Å². The highest BCUT2D eigenvalue weighted by atomic mass is 35.5. The lowest BCUT2D eigenvalue weighted by molar-refractivity contribution is 0.276. The van der Waals surface area contributed by atoms with Gasteiger partial charge in [-0.1, -0.05) is 36.7 Å². The number of aliphatic hydroxyl groups excluding tert-OH is 1. The first-order valence-electron chi connectivity index (χ1n) is 5.62. The fourth-order valence-electron chi connectivity index (χ4n) is 1.60. The Kier molecular flexibility index (Phi) is 4.12. The highest BCUT2D eigenvalue weighted by Gasteiger charge is 2.11. The molecule has 0 aliphatic heterocycles. The average Bonchev–Trinajstić information content (AvgIpc) is 2.40. The standard InChI is InChI=1S/C13H13ClN2O2/c1-2-10-12(14)15-8-16-13(10)18-11-6-4-3-5-9(11)7-17/h3-6,8,17H,2,7H2,1H3. The minimum atomic E-state index is -0.0869. The monoisotopic (exact) mass is 264 g/mol. The van der Waals surface area contributed by atoms with Gasteiger partial charge in [-0.2, -0.15) is 0 Å². The van der Waals surface area contributed by atoms with E-state index in [0.29, 0.717) is 28.8 Å². The maximum atomic E-state index is 9.24. The number of hydrogen-bond donors (Lipinski definition) is 1. The van der Waals surface area contributed by atoms with Gasteiger partial charge < -0.3 is 9.84 Å². The lowest BCUT2D eigenvalue weighted by atomic mass is 10.2. The largest absolute Gasteiger partial charge is 0.438 e. The summed E-state index contributed by atoms with van der Waals surface area (Å²) in [5, 5.41) is 9.63. The lowest BCUT2D eigenvalue weighted by Crippen LogP contribution is -1.98. The Morgan fingerprint density at radius 3 is 2.78 bits per heavy atom. The second kappa shape index (κ2) is 5.80. The van der Waals surface area contributed by atoms with Crippen molar-refractivity contribution < 1.29 is 9.84 Å². The van der Waals surface area contributed by atoms with Crippen LogP contribution in [0.5, 0.6) is 11.6 Å². The molecule has 0 saturated carbocycles. The summed E-state index contributed by atoms with van der Waals surface area (Å²) in [6, 6.07) is 7.25. The number of nitrogens with zero attached hydrogens (tertiary/aromatic N) is 2. The van der Waals surface area contributed by atoms with Crippen molar-refractivity contribution in [3.63, 3.8) is 0 Å². The summed E-state index contributed by atoms with van der Waals surface area (Å²) in [4.78, 5) is 8.00. The van der Waals surface area contributed by atoms with E-state index in [4.69, 9.17) is 16.3 Å². The molecule has 0 bridgehead atoms. The molecule has 2 rings (SSSR count). The highest BCUT2D eigenvalue weighted by Crippen LogP contribution is 2.29. The van der Waals surface area contributed by atoms with Crippen LogP contribution in [0.25, 0.3) is 0 Å². The number of halogens is 1. The van der Waals surface area contributed by atoms with Gasteiger partial charge in [0.05, 0.1) is 12.2 Å². The van der Waals surface area contributed by atoms with Crippen LogP contribution in [-0.2, 0) is 13.0 Å². The Balaban J connectivity index is 2.37. The van der Waals surface area contributed by atoms with Crippen molar-refractivity contribution in [2.75, 3.05) is 0 Å². The van der Waals surface area contributed by atoms with E-state index in [0.717, 1.165) is 5.56 Å². The molecule has 0 saturated heterocycles. The molecule has 0 unspecified atom stereocenters. The van der Waals surface area contributed by atoms with Gasteiger partial charge in [0.2, 0.25) is 5.88 Å². The zero-order valence-corrected chi connectivity index (χ0v) is 10.7. The molecular formula is C13H13ClN2O2. The molecule has 1 heterocycles. The predicted molar refractivity (Wildman–Crippen MR) is 68.9 cm³/mol. The Labute approximate surface area is 110 Å². The second-order valence-electron chi connectivity index (χ2n) is 3.67. The second-order valence-corrected chi connectivity index (χ2v) is 4.03. The van der Waals surface area contributed by atoms with Crippen LogP contribution in [0.1, 0.15) is 18.1 Å². The minimum Gasteiger partial charge on any atom is -0.438 e. The first-order valence-corrected chi connectivity index (χ1v) is 6.00. The van der Waals surface area contributed by atoms with Gasteiger partial charge in [-0.05, 0) is 12.5 Å². The quantitative estimate of drug-likeness (QED) is 0.863. The summed E-state index contributed by atoms with van der Waals surface area (Å²) in [6.45, 7) is 1.87. The van der Waals surface area contributed by atoms with E-state index in [-0.39, 0.29) is 6.61 Å². The summed E-state index contributed by atoms with van der Waals surface area (Å²) >= 11 is 5.99. The summed E-state index contributed by atoms with van der Waals surface area (Å²) in [6.07, 6.45) is 2.04. The van der Waals surface area contributed by atoms with Crippen molar-refractivity contribution >= 4 is 11.6 Å². The Morgan fingerprint density at radius 1 is 1.28 bits per heavy atom. The Hall–Kier alpha value is -1.65. The molecule has 1 N–H and O–H groups in total. The molecule has 0 spiro atoms. The van der Waals surface area contributed by atoms with Gasteiger partial charge in [0.15, 0.2) is 0 Å². The van der Waals surface area contributed by atoms with Crippen molar-refractivity contribution in [2.24, 2.45) is 0 Å². The van der Waals surface area contributed by atoms with Crippen LogP contribution in [-0.4, -0.2) is 15.1 Å². The molecule has 1 aromatic carbocycles. The average molecular weight is 265 g/mol. The number of para-hydroxylation sites is 1. The molecule has 0 atom stereocenters. The molecule has 1 aromatic heterocycles. The predicted octanol–water partition coefficient (Wildman–Crippen LogP) is 2.98. The van der Waals surface area contributed by atoms with Gasteiger partial charge in [-0.25, -0.2) is 9.97 Å². The number of benzene rings is 1. The number of hydrogen-bond acceptors (Lipinski definition) is 4. The maximum absolute atomic E-state index is 9.24. The van der Waals surface area contributed by atoms with Gasteiger partial charge in [-0.15, -0.1) is 0 Å². The van der Waals surface area contributed by atoms with E-state index in [1.54, 1.807) is 12.1 Å². The molecule has 0 radical (unpaired) electrons. The normalized spacial score (nSPS) is 10.4. The number of ether oxygens (including phenoxy) is 1. The van der Waals surface area contributed by atoms with Crippen molar-refractivity contribution in [1.82, 2.24) is 9.97 Å². The van der Waals surface area contributed by atoms with Gasteiger partial charge >= 0.3 is 0 Å². The van der Waals surface area contributed by atoms with E-state index in [2.05, 4.69) is 9.97 Å². The Morgan fingerprint density at radius 2 is 2.06 bits per heavy atom.